The maximum Gasteiger partial charge on any atom is 0.245 e. The molecule has 3 atom stereocenters. The molecule has 0 radical (unpaired) electrons. The van der Waals surface area contributed by atoms with Crippen molar-refractivity contribution < 1.29 is 19.2 Å². The zero-order chi connectivity index (χ0) is 31.6. The Morgan fingerprint density at radius 3 is 2.18 bits per heavy atom. The van der Waals surface area contributed by atoms with Gasteiger partial charge in [0.2, 0.25) is 23.6 Å². The lowest BCUT2D eigenvalue weighted by Crippen LogP contribution is -2.58. The molecule has 3 N–H and O–H groups in total. The van der Waals surface area contributed by atoms with Crippen LogP contribution in [-0.2, 0) is 51.3 Å². The summed E-state index contributed by atoms with van der Waals surface area (Å²) < 4.78 is 0. The number of aromatic nitrogens is 1. The Morgan fingerprint density at radius 2 is 1.52 bits per heavy atom. The molecule has 0 saturated carbocycles. The van der Waals surface area contributed by atoms with Gasteiger partial charge in [-0.3, -0.25) is 24.2 Å². The van der Waals surface area contributed by atoms with E-state index < -0.39 is 29.9 Å². The second kappa shape index (κ2) is 15.3. The SMILES string of the molecule is CNC(=O)[C@@H](Cc1cccnc1)NC(=O)[C@@H](Cc1ccc(Cl)cc1)N(C)C(=O)[C@@H](Cc1ccc2c(c1)CC=CC2)NC(C)=O. The fourth-order valence-electron chi connectivity index (χ4n) is 5.35. The highest BCUT2D eigenvalue weighted by atomic mass is 35.5. The number of hydrogen-bond donors (Lipinski definition) is 3. The van der Waals surface area contributed by atoms with Crippen LogP contribution >= 0.6 is 11.6 Å². The number of benzene rings is 2. The number of fused-ring (bicyclic) bond motifs is 1. The molecule has 1 aliphatic rings. The minimum absolute atomic E-state index is 0.163. The van der Waals surface area contributed by atoms with Crippen LogP contribution in [0.1, 0.15) is 34.7 Å². The quantitative estimate of drug-likeness (QED) is 0.271. The summed E-state index contributed by atoms with van der Waals surface area (Å²) in [6.45, 7) is 1.36. The van der Waals surface area contributed by atoms with Gasteiger partial charge in [-0.1, -0.05) is 60.2 Å². The molecule has 4 amide bonds. The van der Waals surface area contributed by atoms with E-state index in [1.54, 1.807) is 49.8 Å². The van der Waals surface area contributed by atoms with Gasteiger partial charge in [-0.25, -0.2) is 0 Å². The number of nitrogens with one attached hydrogen (secondary N) is 3. The molecule has 9 nitrogen and oxygen atoms in total. The summed E-state index contributed by atoms with van der Waals surface area (Å²) in [5, 5.41) is 8.79. The molecule has 0 bridgehead atoms. The first-order valence-electron chi connectivity index (χ1n) is 14.6. The molecule has 0 unspecified atom stereocenters. The minimum Gasteiger partial charge on any atom is -0.357 e. The van der Waals surface area contributed by atoms with Gasteiger partial charge in [-0.2, -0.15) is 0 Å². The van der Waals surface area contributed by atoms with Crippen molar-refractivity contribution >= 4 is 35.2 Å². The number of pyridine rings is 1. The summed E-state index contributed by atoms with van der Waals surface area (Å²) in [4.78, 5) is 58.5. The molecule has 0 fully saturated rings. The van der Waals surface area contributed by atoms with Crippen LogP contribution in [0.2, 0.25) is 5.02 Å². The molecule has 44 heavy (non-hydrogen) atoms. The largest absolute Gasteiger partial charge is 0.357 e. The highest BCUT2D eigenvalue weighted by Gasteiger charge is 2.34. The summed E-state index contributed by atoms with van der Waals surface area (Å²) >= 11 is 6.09. The number of rotatable bonds is 12. The molecule has 10 heteroatoms. The smallest absolute Gasteiger partial charge is 0.245 e. The maximum absolute atomic E-state index is 14.0. The number of carbonyl (C=O) groups is 4. The average molecular weight is 616 g/mol. The monoisotopic (exact) mass is 615 g/mol. The van der Waals surface area contributed by atoms with Gasteiger partial charge in [-0.05, 0) is 58.9 Å². The Balaban J connectivity index is 1.60. The van der Waals surface area contributed by atoms with Crippen LogP contribution in [0.25, 0.3) is 0 Å². The van der Waals surface area contributed by atoms with Crippen LogP contribution in [0.3, 0.4) is 0 Å². The van der Waals surface area contributed by atoms with Gasteiger partial charge in [0.15, 0.2) is 0 Å². The number of allylic oxidation sites excluding steroid dienone is 2. The van der Waals surface area contributed by atoms with Gasteiger partial charge < -0.3 is 20.9 Å². The number of nitrogens with zero attached hydrogens (tertiary/aromatic N) is 2. The zero-order valence-corrected chi connectivity index (χ0v) is 25.9. The fourth-order valence-corrected chi connectivity index (χ4v) is 5.48. The van der Waals surface area contributed by atoms with E-state index in [0.29, 0.717) is 5.02 Å². The van der Waals surface area contributed by atoms with Crippen molar-refractivity contribution in [1.29, 1.82) is 0 Å². The molecule has 0 saturated heterocycles. The lowest BCUT2D eigenvalue weighted by Gasteiger charge is -2.32. The van der Waals surface area contributed by atoms with Crippen LogP contribution in [-0.4, -0.2) is 65.7 Å². The van der Waals surface area contributed by atoms with E-state index in [-0.39, 0.29) is 31.1 Å². The van der Waals surface area contributed by atoms with Gasteiger partial charge in [-0.15, -0.1) is 0 Å². The first-order chi connectivity index (χ1) is 21.1. The molecule has 4 rings (SSSR count). The molecular weight excluding hydrogens is 578 g/mol. The fraction of sp³-hybridized carbons (Fsp3) is 0.324. The molecule has 1 aromatic heterocycles. The van der Waals surface area contributed by atoms with E-state index in [1.807, 2.05) is 12.1 Å². The predicted molar refractivity (Wildman–Crippen MR) is 170 cm³/mol. The number of amides is 4. The average Bonchev–Trinajstić information content (AvgIpc) is 3.03. The van der Waals surface area contributed by atoms with Gasteiger partial charge >= 0.3 is 0 Å². The van der Waals surface area contributed by atoms with E-state index in [1.165, 1.54) is 30.0 Å². The van der Waals surface area contributed by atoms with Crippen molar-refractivity contribution in [2.45, 2.75) is 57.2 Å². The third kappa shape index (κ3) is 8.76. The molecule has 0 aliphatic heterocycles. The maximum atomic E-state index is 14.0. The van der Waals surface area contributed by atoms with E-state index in [2.05, 4.69) is 45.2 Å². The van der Waals surface area contributed by atoms with Crippen molar-refractivity contribution in [2.24, 2.45) is 0 Å². The molecule has 1 heterocycles. The Bertz CT molecular complexity index is 1510. The summed E-state index contributed by atoms with van der Waals surface area (Å²) in [5.74, 6) is -1.65. The summed E-state index contributed by atoms with van der Waals surface area (Å²) in [5.41, 5.74) is 4.89. The molecule has 2 aromatic carbocycles. The Morgan fingerprint density at radius 1 is 0.841 bits per heavy atom. The highest BCUT2D eigenvalue weighted by molar-refractivity contribution is 6.30. The van der Waals surface area contributed by atoms with Gasteiger partial charge in [0.1, 0.15) is 18.1 Å². The van der Waals surface area contributed by atoms with E-state index in [9.17, 15) is 19.2 Å². The molecule has 3 aromatic rings. The van der Waals surface area contributed by atoms with Gasteiger partial charge in [0, 0.05) is 57.7 Å². The lowest BCUT2D eigenvalue weighted by molar-refractivity contribution is -0.142. The van der Waals surface area contributed by atoms with Crippen LogP contribution in [0.4, 0.5) is 0 Å². The molecule has 0 spiro atoms. The number of halogens is 1. The van der Waals surface area contributed by atoms with Crippen LogP contribution < -0.4 is 16.0 Å². The van der Waals surface area contributed by atoms with Crippen molar-refractivity contribution in [3.8, 4) is 0 Å². The normalized spacial score (nSPS) is 14.0. The summed E-state index contributed by atoms with van der Waals surface area (Å²) in [6.07, 6.45) is 9.85. The first kappa shape index (κ1) is 32.4. The standard InChI is InChI=1S/C34H38ClN5O4/c1-22(41)38-30(18-24-10-13-26-8-4-5-9-27(26)17-24)34(44)40(3)31(20-23-11-14-28(35)15-12-23)33(43)39-29(32(42)36-2)19-25-7-6-16-37-21-25/h4-7,10-17,21,29-31H,8-9,18-20H2,1-3H3,(H,36,42)(H,38,41)(H,39,43)/t29-,30-,31-/m1/s1. The summed E-state index contributed by atoms with van der Waals surface area (Å²) in [7, 11) is 3.05. The Kier molecular flexibility index (Phi) is 11.3. The van der Waals surface area contributed by atoms with E-state index in [0.717, 1.165) is 29.5 Å². The van der Waals surface area contributed by atoms with Crippen molar-refractivity contribution in [3.63, 3.8) is 0 Å². The Labute approximate surface area is 263 Å². The lowest BCUT2D eigenvalue weighted by atomic mass is 9.92. The zero-order valence-electron chi connectivity index (χ0n) is 25.2. The van der Waals surface area contributed by atoms with Crippen molar-refractivity contribution in [2.75, 3.05) is 14.1 Å². The van der Waals surface area contributed by atoms with Crippen molar-refractivity contribution in [3.05, 3.63) is 112 Å². The van der Waals surface area contributed by atoms with Crippen LogP contribution in [0.15, 0.2) is 79.1 Å². The molecule has 230 valence electrons. The second-order valence-corrected chi connectivity index (χ2v) is 11.4. The van der Waals surface area contributed by atoms with Crippen molar-refractivity contribution in [1.82, 2.24) is 25.8 Å². The number of likely N-dealkylation sites (N-methyl/N-ethyl adjacent to an activating group) is 2. The highest BCUT2D eigenvalue weighted by Crippen LogP contribution is 2.20. The van der Waals surface area contributed by atoms with Gasteiger partial charge in [0.05, 0.1) is 0 Å². The topological polar surface area (TPSA) is 120 Å². The molecular formula is C34H38ClN5O4. The minimum atomic E-state index is -0.991. The van der Waals surface area contributed by atoms with Crippen LogP contribution in [0, 0.1) is 0 Å². The van der Waals surface area contributed by atoms with Gasteiger partial charge in [0.25, 0.3) is 0 Å². The number of carbonyl (C=O) groups excluding carboxylic acids is 4. The van der Waals surface area contributed by atoms with E-state index >= 15 is 0 Å². The third-order valence-corrected chi connectivity index (χ3v) is 7.98. The summed E-state index contributed by atoms with van der Waals surface area (Å²) in [6, 6.07) is 13.9. The van der Waals surface area contributed by atoms with E-state index in [4.69, 9.17) is 11.6 Å². The third-order valence-electron chi connectivity index (χ3n) is 7.73. The number of hydrogen-bond acceptors (Lipinski definition) is 5. The van der Waals surface area contributed by atoms with Crippen LogP contribution in [0.5, 0.6) is 0 Å². The first-order valence-corrected chi connectivity index (χ1v) is 15.0. The Hall–Kier alpha value is -4.50. The predicted octanol–water partition coefficient (Wildman–Crippen LogP) is 2.98. The second-order valence-electron chi connectivity index (χ2n) is 11.0. The molecule has 1 aliphatic carbocycles.